The van der Waals surface area contributed by atoms with E-state index in [1.165, 1.54) is 5.56 Å². The molecule has 1 aromatic carbocycles. The highest BCUT2D eigenvalue weighted by atomic mass is 32.2. The summed E-state index contributed by atoms with van der Waals surface area (Å²) in [5, 5.41) is 13.9. The van der Waals surface area contributed by atoms with Crippen molar-refractivity contribution in [1.82, 2.24) is 15.5 Å². The molecule has 0 aliphatic heterocycles. The van der Waals surface area contributed by atoms with Crippen molar-refractivity contribution in [2.75, 3.05) is 13.3 Å². The van der Waals surface area contributed by atoms with Crippen molar-refractivity contribution in [1.29, 1.82) is 0 Å². The van der Waals surface area contributed by atoms with Crippen LogP contribution in [0, 0.1) is 0 Å². The summed E-state index contributed by atoms with van der Waals surface area (Å²) in [5.41, 5.74) is 1.22. The first-order valence-electron chi connectivity index (χ1n) is 5.38. The Morgan fingerprint density at radius 3 is 2.71 bits per heavy atom. The van der Waals surface area contributed by atoms with Crippen molar-refractivity contribution in [3.8, 4) is 0 Å². The van der Waals surface area contributed by atoms with E-state index in [0.717, 1.165) is 15.8 Å². The van der Waals surface area contributed by atoms with Gasteiger partial charge in [0, 0.05) is 5.75 Å². The Hall–Kier alpha value is -0.910. The normalized spacial score (nSPS) is 12.6. The fourth-order valence-electron chi connectivity index (χ4n) is 1.64. The third-order valence-corrected chi connectivity index (χ3v) is 4.15. The number of rotatable bonds is 5. The van der Waals surface area contributed by atoms with E-state index >= 15 is 0 Å². The van der Waals surface area contributed by atoms with Gasteiger partial charge in [-0.15, -0.1) is 10.2 Å². The Bertz CT molecular complexity index is 456. The first kappa shape index (κ1) is 12.5. The highest BCUT2D eigenvalue weighted by Crippen LogP contribution is 2.25. The van der Waals surface area contributed by atoms with E-state index in [9.17, 15) is 0 Å². The first-order valence-corrected chi connectivity index (χ1v) is 7.59. The molecule has 1 unspecified atom stereocenters. The van der Waals surface area contributed by atoms with E-state index in [0.29, 0.717) is 0 Å². The second kappa shape index (κ2) is 6.14. The maximum atomic E-state index is 4.28. The fraction of sp³-hybridized carbons (Fsp3) is 0.333. The fourth-order valence-corrected chi connectivity index (χ4v) is 3.31. The molecule has 0 aliphatic carbocycles. The number of nitrogens with one attached hydrogen (secondary N) is 1. The van der Waals surface area contributed by atoms with Crippen LogP contribution in [0.3, 0.4) is 0 Å². The molecule has 1 atom stereocenters. The summed E-state index contributed by atoms with van der Waals surface area (Å²) in [6.45, 7) is 0. The van der Waals surface area contributed by atoms with Gasteiger partial charge in [-0.25, -0.2) is 0 Å². The molecule has 0 amide bonds. The standard InChI is InChI=1S/C12H15N3S2/c1-13-11(9-6-4-3-5-7-9)12-15-14-10(17-12)8-16-2/h3-7,11,13H,8H2,1-2H3. The Morgan fingerprint density at radius 1 is 1.29 bits per heavy atom. The monoisotopic (exact) mass is 265 g/mol. The molecule has 0 bridgehead atoms. The largest absolute Gasteiger partial charge is 0.307 e. The zero-order valence-electron chi connectivity index (χ0n) is 9.88. The van der Waals surface area contributed by atoms with Crippen LogP contribution in [0.15, 0.2) is 30.3 Å². The number of hydrogen-bond acceptors (Lipinski definition) is 5. The molecule has 1 aromatic heterocycles. The molecule has 0 radical (unpaired) electrons. The van der Waals surface area contributed by atoms with E-state index in [-0.39, 0.29) is 6.04 Å². The molecule has 2 rings (SSSR count). The van der Waals surface area contributed by atoms with Gasteiger partial charge in [0.05, 0.1) is 6.04 Å². The second-order valence-corrected chi connectivity index (χ2v) is 5.56. The van der Waals surface area contributed by atoms with Crippen LogP contribution in [-0.2, 0) is 5.75 Å². The zero-order valence-corrected chi connectivity index (χ0v) is 11.5. The van der Waals surface area contributed by atoms with E-state index < -0.39 is 0 Å². The third kappa shape index (κ3) is 3.06. The minimum absolute atomic E-state index is 0.143. The summed E-state index contributed by atoms with van der Waals surface area (Å²) in [6.07, 6.45) is 2.08. The van der Waals surface area contributed by atoms with Crippen LogP contribution in [0.25, 0.3) is 0 Å². The molecule has 0 fully saturated rings. The molecule has 3 nitrogen and oxygen atoms in total. The van der Waals surface area contributed by atoms with E-state index in [1.54, 1.807) is 23.1 Å². The van der Waals surface area contributed by atoms with Gasteiger partial charge in [-0.1, -0.05) is 41.7 Å². The smallest absolute Gasteiger partial charge is 0.139 e. The lowest BCUT2D eigenvalue weighted by Gasteiger charge is -2.12. The predicted molar refractivity (Wildman–Crippen MR) is 74.5 cm³/mol. The number of benzene rings is 1. The van der Waals surface area contributed by atoms with Gasteiger partial charge in [0.2, 0.25) is 0 Å². The molecule has 0 aliphatic rings. The van der Waals surface area contributed by atoms with Crippen LogP contribution in [0.2, 0.25) is 0 Å². The molecular weight excluding hydrogens is 250 g/mol. The lowest BCUT2D eigenvalue weighted by atomic mass is 10.1. The molecule has 1 heterocycles. The van der Waals surface area contributed by atoms with Crippen LogP contribution < -0.4 is 5.32 Å². The zero-order chi connectivity index (χ0) is 12.1. The molecule has 1 N–H and O–H groups in total. The summed E-state index contributed by atoms with van der Waals surface area (Å²) >= 11 is 3.45. The first-order chi connectivity index (χ1) is 8.35. The van der Waals surface area contributed by atoms with Gasteiger partial charge >= 0.3 is 0 Å². The second-order valence-electron chi connectivity index (χ2n) is 3.60. The minimum atomic E-state index is 0.143. The Kier molecular flexibility index (Phi) is 4.53. The van der Waals surface area contributed by atoms with Crippen molar-refractivity contribution in [3.05, 3.63) is 45.9 Å². The molecule has 0 saturated heterocycles. The molecule has 90 valence electrons. The van der Waals surface area contributed by atoms with E-state index in [2.05, 4.69) is 33.9 Å². The van der Waals surface area contributed by atoms with Gasteiger partial charge in [-0.05, 0) is 18.9 Å². The van der Waals surface area contributed by atoms with Gasteiger partial charge in [-0.3, -0.25) is 0 Å². The third-order valence-electron chi connectivity index (χ3n) is 2.42. The van der Waals surface area contributed by atoms with Gasteiger partial charge in [-0.2, -0.15) is 11.8 Å². The number of aromatic nitrogens is 2. The van der Waals surface area contributed by atoms with Gasteiger partial charge in [0.1, 0.15) is 10.0 Å². The lowest BCUT2D eigenvalue weighted by Crippen LogP contribution is -2.17. The maximum absolute atomic E-state index is 4.28. The SMILES string of the molecule is CNC(c1ccccc1)c1nnc(CSC)s1. The quantitative estimate of drug-likeness (QED) is 0.902. The van der Waals surface area contributed by atoms with Gasteiger partial charge in [0.25, 0.3) is 0 Å². The van der Waals surface area contributed by atoms with Crippen molar-refractivity contribution in [2.45, 2.75) is 11.8 Å². The number of hydrogen-bond donors (Lipinski definition) is 1. The summed E-state index contributed by atoms with van der Waals surface area (Å²) in [4.78, 5) is 0. The molecule has 5 heteroatoms. The average Bonchev–Trinajstić information content (AvgIpc) is 2.81. The number of thioether (sulfide) groups is 1. The van der Waals surface area contributed by atoms with Gasteiger partial charge < -0.3 is 5.32 Å². The molecule has 2 aromatic rings. The van der Waals surface area contributed by atoms with Crippen LogP contribution in [0.5, 0.6) is 0 Å². The summed E-state index contributed by atoms with van der Waals surface area (Å²) < 4.78 is 0. The number of nitrogens with zero attached hydrogens (tertiary/aromatic N) is 2. The van der Waals surface area contributed by atoms with Crippen molar-refractivity contribution < 1.29 is 0 Å². The van der Waals surface area contributed by atoms with E-state index in [4.69, 9.17) is 0 Å². The molecule has 17 heavy (non-hydrogen) atoms. The summed E-state index contributed by atoms with van der Waals surface area (Å²) in [6, 6.07) is 10.5. The average molecular weight is 265 g/mol. The topological polar surface area (TPSA) is 37.8 Å². The molecular formula is C12H15N3S2. The lowest BCUT2D eigenvalue weighted by molar-refractivity contribution is 0.677. The van der Waals surface area contributed by atoms with Crippen LogP contribution in [0.1, 0.15) is 21.6 Å². The molecule has 0 saturated carbocycles. The van der Waals surface area contributed by atoms with Crippen molar-refractivity contribution >= 4 is 23.1 Å². The highest BCUT2D eigenvalue weighted by Gasteiger charge is 2.16. The Morgan fingerprint density at radius 2 is 2.06 bits per heavy atom. The van der Waals surface area contributed by atoms with Crippen molar-refractivity contribution in [2.24, 2.45) is 0 Å². The highest BCUT2D eigenvalue weighted by molar-refractivity contribution is 7.97. The summed E-state index contributed by atoms with van der Waals surface area (Å²) in [5.74, 6) is 0.933. The minimum Gasteiger partial charge on any atom is -0.307 e. The van der Waals surface area contributed by atoms with Crippen LogP contribution in [-0.4, -0.2) is 23.5 Å². The maximum Gasteiger partial charge on any atom is 0.139 e. The van der Waals surface area contributed by atoms with Crippen molar-refractivity contribution in [3.63, 3.8) is 0 Å². The van der Waals surface area contributed by atoms with Crippen LogP contribution in [0.4, 0.5) is 0 Å². The van der Waals surface area contributed by atoms with Gasteiger partial charge in [0.15, 0.2) is 0 Å². The Labute approximate surface area is 110 Å². The predicted octanol–water partition coefficient (Wildman–Crippen LogP) is 2.71. The summed E-state index contributed by atoms with van der Waals surface area (Å²) in [7, 11) is 1.95. The van der Waals surface area contributed by atoms with Crippen LogP contribution >= 0.6 is 23.1 Å². The van der Waals surface area contributed by atoms with E-state index in [1.807, 2.05) is 25.2 Å². The Balaban J connectivity index is 2.23. The molecule has 0 spiro atoms.